The van der Waals surface area contributed by atoms with E-state index in [-0.39, 0.29) is 0 Å². The van der Waals surface area contributed by atoms with Crippen LogP contribution < -0.4 is 10.6 Å². The maximum atomic E-state index is 4.84. The van der Waals surface area contributed by atoms with Crippen molar-refractivity contribution >= 4 is 49.5 Å². The van der Waals surface area contributed by atoms with E-state index in [4.69, 9.17) is 4.98 Å². The molecule has 0 saturated heterocycles. The van der Waals surface area contributed by atoms with Gasteiger partial charge in [-0.1, -0.05) is 18.2 Å². The van der Waals surface area contributed by atoms with Gasteiger partial charge in [0.2, 0.25) is 0 Å². The number of hydrogen-bond donors (Lipinski definition) is 2. The molecule has 2 heterocycles. The molecule has 0 amide bonds. The van der Waals surface area contributed by atoms with Crippen molar-refractivity contribution in [1.29, 1.82) is 0 Å². The standard InChI is InChI=1S/C18H15N3S/c1-19-13-7-8-14-16(11-13)21-18(15-9-10-22-17(14)15)20-12-5-3-2-4-6-12/h2-11,19H,1H3,(H,20,21). The lowest BCUT2D eigenvalue weighted by atomic mass is 10.1. The number of para-hydroxylation sites is 1. The van der Waals surface area contributed by atoms with E-state index in [1.54, 1.807) is 11.3 Å². The van der Waals surface area contributed by atoms with Crippen molar-refractivity contribution in [2.75, 3.05) is 17.7 Å². The number of aromatic nitrogens is 1. The van der Waals surface area contributed by atoms with E-state index in [2.05, 4.69) is 40.3 Å². The number of nitrogens with one attached hydrogen (secondary N) is 2. The minimum absolute atomic E-state index is 0.906. The van der Waals surface area contributed by atoms with Crippen molar-refractivity contribution in [2.45, 2.75) is 0 Å². The zero-order valence-electron chi connectivity index (χ0n) is 12.1. The van der Waals surface area contributed by atoms with Gasteiger partial charge in [-0.25, -0.2) is 4.98 Å². The lowest BCUT2D eigenvalue weighted by Gasteiger charge is -2.10. The van der Waals surface area contributed by atoms with Crippen molar-refractivity contribution in [3.63, 3.8) is 0 Å². The summed E-state index contributed by atoms with van der Waals surface area (Å²) >= 11 is 1.75. The molecule has 0 fully saturated rings. The molecule has 3 nitrogen and oxygen atoms in total. The summed E-state index contributed by atoms with van der Waals surface area (Å²) in [6.45, 7) is 0. The van der Waals surface area contributed by atoms with Gasteiger partial charge in [0, 0.05) is 33.9 Å². The smallest absolute Gasteiger partial charge is 0.139 e. The monoisotopic (exact) mass is 305 g/mol. The van der Waals surface area contributed by atoms with Crippen LogP contribution in [0.15, 0.2) is 60.0 Å². The zero-order valence-corrected chi connectivity index (χ0v) is 12.9. The number of thiophene rings is 1. The molecule has 22 heavy (non-hydrogen) atoms. The Bertz CT molecular complexity index is 945. The van der Waals surface area contributed by atoms with Crippen LogP contribution in [0.25, 0.3) is 21.0 Å². The highest BCUT2D eigenvalue weighted by atomic mass is 32.1. The molecule has 4 rings (SSSR count). The molecular formula is C18H15N3S. The lowest BCUT2D eigenvalue weighted by molar-refractivity contribution is 1.40. The Morgan fingerprint density at radius 2 is 1.77 bits per heavy atom. The van der Waals surface area contributed by atoms with Crippen molar-refractivity contribution in [3.8, 4) is 0 Å². The van der Waals surface area contributed by atoms with Crippen LogP contribution in [0.3, 0.4) is 0 Å². The molecule has 2 aromatic carbocycles. The molecule has 2 N–H and O–H groups in total. The number of benzene rings is 2. The fourth-order valence-corrected chi connectivity index (χ4v) is 3.54. The Morgan fingerprint density at radius 3 is 2.59 bits per heavy atom. The summed E-state index contributed by atoms with van der Waals surface area (Å²) in [5, 5.41) is 11.1. The summed E-state index contributed by atoms with van der Waals surface area (Å²) < 4.78 is 1.27. The fourth-order valence-electron chi connectivity index (χ4n) is 2.61. The zero-order chi connectivity index (χ0) is 14.9. The van der Waals surface area contributed by atoms with Gasteiger partial charge in [0.25, 0.3) is 0 Å². The van der Waals surface area contributed by atoms with Gasteiger partial charge in [-0.15, -0.1) is 11.3 Å². The second kappa shape index (κ2) is 5.31. The minimum Gasteiger partial charge on any atom is -0.388 e. The first kappa shape index (κ1) is 13.1. The second-order valence-electron chi connectivity index (χ2n) is 5.10. The third-order valence-electron chi connectivity index (χ3n) is 3.72. The van der Waals surface area contributed by atoms with Gasteiger partial charge in [-0.3, -0.25) is 0 Å². The number of rotatable bonds is 3. The third-order valence-corrected chi connectivity index (χ3v) is 4.67. The van der Waals surface area contributed by atoms with Crippen LogP contribution in [-0.4, -0.2) is 12.0 Å². The number of hydrogen-bond acceptors (Lipinski definition) is 4. The molecule has 0 atom stereocenters. The topological polar surface area (TPSA) is 37.0 Å². The van der Waals surface area contributed by atoms with Crippen LogP contribution in [0, 0.1) is 0 Å². The van der Waals surface area contributed by atoms with Gasteiger partial charge in [-0.05, 0) is 41.8 Å². The second-order valence-corrected chi connectivity index (χ2v) is 6.01. The van der Waals surface area contributed by atoms with Gasteiger partial charge < -0.3 is 10.6 Å². The average Bonchev–Trinajstić information content (AvgIpc) is 3.05. The summed E-state index contributed by atoms with van der Waals surface area (Å²) in [5.74, 6) is 0.906. The number of fused-ring (bicyclic) bond motifs is 3. The van der Waals surface area contributed by atoms with Gasteiger partial charge in [0.15, 0.2) is 0 Å². The Kier molecular flexibility index (Phi) is 3.16. The van der Waals surface area contributed by atoms with E-state index in [0.29, 0.717) is 0 Å². The van der Waals surface area contributed by atoms with E-state index in [0.717, 1.165) is 22.7 Å². The maximum Gasteiger partial charge on any atom is 0.139 e. The first-order chi connectivity index (χ1) is 10.8. The highest BCUT2D eigenvalue weighted by molar-refractivity contribution is 7.18. The van der Waals surface area contributed by atoms with Crippen molar-refractivity contribution in [3.05, 3.63) is 60.0 Å². The molecule has 0 aliphatic rings. The first-order valence-corrected chi connectivity index (χ1v) is 8.04. The Balaban J connectivity index is 1.93. The maximum absolute atomic E-state index is 4.84. The highest BCUT2D eigenvalue weighted by Gasteiger charge is 2.10. The molecular weight excluding hydrogens is 290 g/mol. The van der Waals surface area contributed by atoms with Crippen LogP contribution in [0.5, 0.6) is 0 Å². The average molecular weight is 305 g/mol. The van der Waals surface area contributed by atoms with E-state index in [9.17, 15) is 0 Å². The molecule has 0 unspecified atom stereocenters. The molecule has 0 aliphatic heterocycles. The van der Waals surface area contributed by atoms with Crippen LogP contribution in [-0.2, 0) is 0 Å². The molecule has 0 bridgehead atoms. The molecule has 108 valence electrons. The number of anilines is 3. The SMILES string of the molecule is CNc1ccc2c(c1)nc(Nc1ccccc1)c1ccsc12. The van der Waals surface area contributed by atoms with Gasteiger partial charge in [-0.2, -0.15) is 0 Å². The third kappa shape index (κ3) is 2.18. The molecule has 4 aromatic rings. The minimum atomic E-state index is 0.906. The van der Waals surface area contributed by atoms with Crippen LogP contribution in [0.2, 0.25) is 0 Å². The van der Waals surface area contributed by atoms with Gasteiger partial charge >= 0.3 is 0 Å². The molecule has 0 aliphatic carbocycles. The summed E-state index contributed by atoms with van der Waals surface area (Å²) in [6, 6.07) is 18.6. The number of pyridine rings is 1. The van der Waals surface area contributed by atoms with Gasteiger partial charge in [0.05, 0.1) is 5.52 Å². The predicted octanol–water partition coefficient (Wildman–Crippen LogP) is 5.23. The van der Waals surface area contributed by atoms with Crippen molar-refractivity contribution in [2.24, 2.45) is 0 Å². The van der Waals surface area contributed by atoms with Crippen LogP contribution in [0.4, 0.5) is 17.2 Å². The molecule has 2 aromatic heterocycles. The molecule has 4 heteroatoms. The summed E-state index contributed by atoms with van der Waals surface area (Å²) in [7, 11) is 1.92. The van der Waals surface area contributed by atoms with E-state index < -0.39 is 0 Å². The molecule has 0 radical (unpaired) electrons. The summed E-state index contributed by atoms with van der Waals surface area (Å²) in [4.78, 5) is 4.84. The molecule has 0 spiro atoms. The lowest BCUT2D eigenvalue weighted by Crippen LogP contribution is -1.95. The summed E-state index contributed by atoms with van der Waals surface area (Å²) in [5.41, 5.74) is 3.12. The molecule has 0 saturated carbocycles. The Hall–Kier alpha value is -2.59. The van der Waals surface area contributed by atoms with E-state index in [1.807, 2.05) is 37.4 Å². The quantitative estimate of drug-likeness (QED) is 0.544. The summed E-state index contributed by atoms with van der Waals surface area (Å²) in [6.07, 6.45) is 0. The Labute approximate surface area is 132 Å². The number of nitrogens with zero attached hydrogens (tertiary/aromatic N) is 1. The fraction of sp³-hybridized carbons (Fsp3) is 0.0556. The van der Waals surface area contributed by atoms with Gasteiger partial charge in [0.1, 0.15) is 5.82 Å². The highest BCUT2D eigenvalue weighted by Crippen LogP contribution is 2.35. The first-order valence-electron chi connectivity index (χ1n) is 7.16. The normalized spacial score (nSPS) is 11.0. The van der Waals surface area contributed by atoms with Crippen LogP contribution >= 0.6 is 11.3 Å². The predicted molar refractivity (Wildman–Crippen MR) is 96.4 cm³/mol. The van der Waals surface area contributed by atoms with E-state index in [1.165, 1.54) is 15.5 Å². The van der Waals surface area contributed by atoms with E-state index >= 15 is 0 Å². The van der Waals surface area contributed by atoms with Crippen molar-refractivity contribution < 1.29 is 0 Å². The largest absolute Gasteiger partial charge is 0.388 e. The van der Waals surface area contributed by atoms with Crippen LogP contribution in [0.1, 0.15) is 0 Å². The Morgan fingerprint density at radius 1 is 0.909 bits per heavy atom. The van der Waals surface area contributed by atoms with Crippen molar-refractivity contribution in [1.82, 2.24) is 4.98 Å².